The first kappa shape index (κ1) is 15.4. The van der Waals surface area contributed by atoms with Gasteiger partial charge in [-0.2, -0.15) is 5.26 Å². The first-order valence-electron chi connectivity index (χ1n) is 7.37. The predicted octanol–water partition coefficient (Wildman–Crippen LogP) is 3.72. The maximum absolute atomic E-state index is 12.6. The molecular weight excluding hydrogens is 264 g/mol. The van der Waals surface area contributed by atoms with Gasteiger partial charge < -0.3 is 10.1 Å². The van der Waals surface area contributed by atoms with Crippen LogP contribution >= 0.6 is 0 Å². The van der Waals surface area contributed by atoms with Gasteiger partial charge in [-0.05, 0) is 30.4 Å². The fraction of sp³-hybridized carbons (Fsp3) is 0.529. The van der Waals surface area contributed by atoms with Gasteiger partial charge >= 0.3 is 0 Å². The number of benzene rings is 1. The molecular formula is C17H22N2O2. The lowest BCUT2D eigenvalue weighted by Gasteiger charge is -2.37. The van der Waals surface area contributed by atoms with Gasteiger partial charge in [-0.15, -0.1) is 0 Å². The molecule has 1 atom stereocenters. The number of carbonyl (C=O) groups excluding carboxylic acids is 1. The first-order valence-corrected chi connectivity index (χ1v) is 7.37. The second kappa shape index (κ2) is 6.17. The Morgan fingerprint density at radius 3 is 2.81 bits per heavy atom. The minimum absolute atomic E-state index is 0.00282. The van der Waals surface area contributed by atoms with Crippen molar-refractivity contribution in [1.29, 1.82) is 5.26 Å². The van der Waals surface area contributed by atoms with E-state index in [2.05, 4.69) is 25.2 Å². The number of methoxy groups -OCH3 is 1. The zero-order chi connectivity index (χ0) is 15.5. The van der Waals surface area contributed by atoms with Crippen molar-refractivity contribution in [3.05, 3.63) is 23.8 Å². The molecule has 0 spiro atoms. The van der Waals surface area contributed by atoms with Crippen molar-refractivity contribution < 1.29 is 9.53 Å². The number of ether oxygens (including phenoxy) is 1. The Morgan fingerprint density at radius 2 is 2.19 bits per heavy atom. The fourth-order valence-corrected chi connectivity index (χ4v) is 3.11. The third-order valence-corrected chi connectivity index (χ3v) is 4.44. The van der Waals surface area contributed by atoms with Gasteiger partial charge in [0.1, 0.15) is 17.5 Å². The van der Waals surface area contributed by atoms with Crippen LogP contribution in [0.3, 0.4) is 0 Å². The average Bonchev–Trinajstić information content (AvgIpc) is 2.46. The van der Waals surface area contributed by atoms with E-state index in [1.807, 2.05) is 0 Å². The lowest BCUT2D eigenvalue weighted by molar-refractivity contribution is -0.124. The quantitative estimate of drug-likeness (QED) is 0.921. The molecule has 0 aromatic heterocycles. The molecule has 0 bridgehead atoms. The summed E-state index contributed by atoms with van der Waals surface area (Å²) in [4.78, 5) is 12.6. The van der Waals surface area contributed by atoms with E-state index < -0.39 is 0 Å². The van der Waals surface area contributed by atoms with Gasteiger partial charge in [-0.25, -0.2) is 0 Å². The van der Waals surface area contributed by atoms with Crippen LogP contribution in [-0.2, 0) is 4.79 Å². The molecule has 0 saturated heterocycles. The molecule has 112 valence electrons. The molecule has 4 heteroatoms. The zero-order valence-electron chi connectivity index (χ0n) is 12.9. The Labute approximate surface area is 126 Å². The molecule has 1 aromatic rings. The molecule has 1 N–H and O–H groups in total. The Balaban J connectivity index is 2.26. The highest BCUT2D eigenvalue weighted by Crippen LogP contribution is 2.41. The van der Waals surface area contributed by atoms with Crippen molar-refractivity contribution in [2.75, 3.05) is 12.4 Å². The highest BCUT2D eigenvalue weighted by Gasteiger charge is 2.37. The van der Waals surface area contributed by atoms with E-state index in [9.17, 15) is 10.1 Å². The zero-order valence-corrected chi connectivity index (χ0v) is 12.9. The maximum Gasteiger partial charge on any atom is 0.228 e. The normalized spacial score (nSPS) is 20.4. The van der Waals surface area contributed by atoms with E-state index in [1.165, 1.54) is 13.5 Å². The summed E-state index contributed by atoms with van der Waals surface area (Å²) >= 11 is 0. The fourth-order valence-electron chi connectivity index (χ4n) is 3.11. The molecule has 1 aliphatic rings. The number of rotatable bonds is 3. The summed E-state index contributed by atoms with van der Waals surface area (Å²) in [6.45, 7) is 4.29. The molecule has 1 amide bonds. The molecule has 1 fully saturated rings. The highest BCUT2D eigenvalue weighted by molar-refractivity contribution is 5.96. The smallest absolute Gasteiger partial charge is 0.228 e. The minimum Gasteiger partial charge on any atom is -0.495 e. The summed E-state index contributed by atoms with van der Waals surface area (Å²) in [5.41, 5.74) is 0.905. The largest absolute Gasteiger partial charge is 0.495 e. The van der Waals surface area contributed by atoms with E-state index in [1.54, 1.807) is 18.2 Å². The van der Waals surface area contributed by atoms with Gasteiger partial charge in [0.05, 0.1) is 12.7 Å². The Hall–Kier alpha value is -2.02. The number of nitrogens with one attached hydrogen (secondary N) is 1. The molecule has 0 heterocycles. The summed E-state index contributed by atoms with van der Waals surface area (Å²) in [6, 6.07) is 7.29. The molecule has 0 aliphatic heterocycles. The Kier molecular flexibility index (Phi) is 4.52. The second-order valence-corrected chi connectivity index (χ2v) is 6.27. The van der Waals surface area contributed by atoms with Crippen LogP contribution in [0, 0.1) is 22.7 Å². The van der Waals surface area contributed by atoms with Gasteiger partial charge in [-0.3, -0.25) is 4.79 Å². The van der Waals surface area contributed by atoms with Crippen molar-refractivity contribution in [2.45, 2.75) is 39.5 Å². The summed E-state index contributed by atoms with van der Waals surface area (Å²) in [6.07, 6.45) is 4.21. The van der Waals surface area contributed by atoms with E-state index in [4.69, 9.17) is 4.74 Å². The number of anilines is 1. The number of nitrogens with zero attached hydrogens (tertiary/aromatic N) is 1. The standard InChI is InChI=1S/C17H22N2O2/c1-17(2)10-5-4-8-13(17)16(20)19-15-12(11-18)7-6-9-14(15)21-3/h6-7,9,13H,4-5,8,10H2,1-3H3,(H,19,20). The number of para-hydroxylation sites is 1. The average molecular weight is 286 g/mol. The van der Waals surface area contributed by atoms with Crippen molar-refractivity contribution in [3.8, 4) is 11.8 Å². The van der Waals surface area contributed by atoms with Gasteiger partial charge in [0, 0.05) is 5.92 Å². The summed E-state index contributed by atoms with van der Waals surface area (Å²) in [5.74, 6) is 0.486. The molecule has 0 radical (unpaired) electrons. The van der Waals surface area contributed by atoms with E-state index in [0.717, 1.165) is 19.3 Å². The van der Waals surface area contributed by atoms with Crippen LogP contribution in [0.5, 0.6) is 5.75 Å². The number of nitriles is 1. The van der Waals surface area contributed by atoms with E-state index >= 15 is 0 Å². The van der Waals surface area contributed by atoms with Gasteiger partial charge in [0.2, 0.25) is 5.91 Å². The van der Waals surface area contributed by atoms with Crippen LogP contribution in [0.25, 0.3) is 0 Å². The molecule has 21 heavy (non-hydrogen) atoms. The summed E-state index contributed by atoms with van der Waals surface area (Å²) in [7, 11) is 1.54. The number of hydrogen-bond donors (Lipinski definition) is 1. The monoisotopic (exact) mass is 286 g/mol. The molecule has 1 saturated carbocycles. The molecule has 4 nitrogen and oxygen atoms in total. The topological polar surface area (TPSA) is 62.1 Å². The van der Waals surface area contributed by atoms with Crippen LogP contribution in [0.4, 0.5) is 5.69 Å². The van der Waals surface area contributed by atoms with E-state index in [0.29, 0.717) is 17.0 Å². The molecule has 2 rings (SSSR count). The highest BCUT2D eigenvalue weighted by atomic mass is 16.5. The van der Waals surface area contributed by atoms with Crippen LogP contribution < -0.4 is 10.1 Å². The van der Waals surface area contributed by atoms with Crippen molar-refractivity contribution in [1.82, 2.24) is 0 Å². The number of amides is 1. The third kappa shape index (κ3) is 3.18. The van der Waals surface area contributed by atoms with Crippen LogP contribution in [0.15, 0.2) is 18.2 Å². The predicted molar refractivity (Wildman–Crippen MR) is 82.1 cm³/mol. The molecule has 1 unspecified atom stereocenters. The van der Waals surface area contributed by atoms with Gasteiger partial charge in [-0.1, -0.05) is 32.8 Å². The maximum atomic E-state index is 12.6. The summed E-state index contributed by atoms with van der Waals surface area (Å²) in [5, 5.41) is 12.1. The lowest BCUT2D eigenvalue weighted by Crippen LogP contribution is -2.37. The molecule has 1 aliphatic carbocycles. The third-order valence-electron chi connectivity index (χ3n) is 4.44. The minimum atomic E-state index is -0.0253. The summed E-state index contributed by atoms with van der Waals surface area (Å²) < 4.78 is 5.26. The van der Waals surface area contributed by atoms with E-state index in [-0.39, 0.29) is 17.2 Å². The molecule has 1 aromatic carbocycles. The first-order chi connectivity index (χ1) is 9.99. The lowest BCUT2D eigenvalue weighted by atomic mass is 9.68. The van der Waals surface area contributed by atoms with Crippen LogP contribution in [-0.4, -0.2) is 13.0 Å². The van der Waals surface area contributed by atoms with Crippen molar-refractivity contribution in [3.63, 3.8) is 0 Å². The Morgan fingerprint density at radius 1 is 1.43 bits per heavy atom. The number of carbonyl (C=O) groups is 1. The van der Waals surface area contributed by atoms with Crippen LogP contribution in [0.1, 0.15) is 45.1 Å². The SMILES string of the molecule is COc1cccc(C#N)c1NC(=O)C1CCCCC1(C)C. The van der Waals surface area contributed by atoms with Gasteiger partial charge in [0.25, 0.3) is 0 Å². The Bertz CT molecular complexity index is 573. The second-order valence-electron chi connectivity index (χ2n) is 6.27. The number of hydrogen-bond acceptors (Lipinski definition) is 3. The van der Waals surface area contributed by atoms with Crippen molar-refractivity contribution in [2.24, 2.45) is 11.3 Å². The van der Waals surface area contributed by atoms with Crippen LogP contribution in [0.2, 0.25) is 0 Å². The van der Waals surface area contributed by atoms with Crippen molar-refractivity contribution >= 4 is 11.6 Å². The van der Waals surface area contributed by atoms with Gasteiger partial charge in [0.15, 0.2) is 0 Å².